The predicted octanol–water partition coefficient (Wildman–Crippen LogP) is 3.37. The van der Waals surface area contributed by atoms with Crippen LogP contribution in [0.15, 0.2) is 53.6 Å². The molecule has 0 aliphatic rings. The summed E-state index contributed by atoms with van der Waals surface area (Å²) in [5.41, 5.74) is 3.05. The summed E-state index contributed by atoms with van der Waals surface area (Å²) in [7, 11) is 1.63. The molecule has 4 aromatic rings. The number of carboxylic acid groups (broad SMARTS) is 1. The lowest BCUT2D eigenvalue weighted by Crippen LogP contribution is -2.24. The molecule has 0 atom stereocenters. The largest absolute Gasteiger partial charge is 0.477 e. The molecule has 0 aliphatic heterocycles. The third-order valence-electron chi connectivity index (χ3n) is 6.08. The number of aromatic nitrogens is 3. The van der Waals surface area contributed by atoms with Crippen molar-refractivity contribution in [1.29, 1.82) is 0 Å². The Morgan fingerprint density at radius 2 is 1.82 bits per heavy atom. The van der Waals surface area contributed by atoms with Crippen molar-refractivity contribution in [1.82, 2.24) is 14.3 Å². The van der Waals surface area contributed by atoms with Crippen molar-refractivity contribution < 1.29 is 20.1 Å². The van der Waals surface area contributed by atoms with Crippen LogP contribution in [0.5, 0.6) is 0 Å². The van der Waals surface area contributed by atoms with Gasteiger partial charge in [-0.2, -0.15) is 9.78 Å². The van der Waals surface area contributed by atoms with Gasteiger partial charge in [-0.05, 0) is 40.3 Å². The fourth-order valence-corrected chi connectivity index (χ4v) is 4.23. The van der Waals surface area contributed by atoms with Crippen LogP contribution in [0.1, 0.15) is 48.0 Å². The second kappa shape index (κ2) is 8.55. The van der Waals surface area contributed by atoms with Gasteiger partial charge < -0.3 is 19.9 Å². The first kappa shape index (κ1) is 23.4. The molecule has 8 nitrogen and oxygen atoms in total. The van der Waals surface area contributed by atoms with Crippen LogP contribution < -0.4 is 5.56 Å². The first-order chi connectivity index (χ1) is 16.1. The van der Waals surface area contributed by atoms with E-state index in [-0.39, 0.29) is 24.3 Å². The average molecular weight is 462 g/mol. The molecule has 0 saturated heterocycles. The van der Waals surface area contributed by atoms with Gasteiger partial charge in [0.15, 0.2) is 0 Å². The van der Waals surface area contributed by atoms with Gasteiger partial charge in [0.25, 0.3) is 5.56 Å². The molecule has 2 aromatic heterocycles. The van der Waals surface area contributed by atoms with Crippen molar-refractivity contribution in [2.24, 2.45) is 7.05 Å². The number of hydrogen-bond acceptors (Lipinski definition) is 5. The summed E-state index contributed by atoms with van der Waals surface area (Å²) in [5.74, 6) is -1.06. The minimum atomic E-state index is -1.06. The van der Waals surface area contributed by atoms with Gasteiger partial charge in [-0.25, -0.2) is 4.79 Å². The third-order valence-corrected chi connectivity index (χ3v) is 6.08. The van der Waals surface area contributed by atoms with E-state index in [1.165, 1.54) is 15.3 Å². The predicted molar refractivity (Wildman–Crippen MR) is 129 cm³/mol. The number of carbonyl (C=O) groups is 1. The van der Waals surface area contributed by atoms with Gasteiger partial charge in [-0.1, -0.05) is 39.0 Å². The molecule has 0 aliphatic carbocycles. The van der Waals surface area contributed by atoms with Gasteiger partial charge in [0.2, 0.25) is 0 Å². The molecule has 0 fully saturated rings. The zero-order valence-electron chi connectivity index (χ0n) is 19.5. The van der Waals surface area contributed by atoms with Crippen molar-refractivity contribution in [3.63, 3.8) is 0 Å². The number of carboxylic acids is 1. The molecular weight excluding hydrogens is 434 g/mol. The molecule has 2 heterocycles. The summed E-state index contributed by atoms with van der Waals surface area (Å²) < 4.78 is 2.71. The van der Waals surface area contributed by atoms with Gasteiger partial charge in [-0.3, -0.25) is 4.79 Å². The van der Waals surface area contributed by atoms with E-state index < -0.39 is 11.5 Å². The lowest BCUT2D eigenvalue weighted by molar-refractivity contribution is 0.0686. The molecule has 0 saturated carbocycles. The average Bonchev–Trinajstić information content (AvgIpc) is 3.19. The minimum Gasteiger partial charge on any atom is -0.477 e. The Balaban J connectivity index is 1.96. The molecule has 0 bridgehead atoms. The molecular formula is C26H27N3O5. The number of nitrogens with zero attached hydrogens (tertiary/aromatic N) is 3. The number of aliphatic hydroxyl groups is 2. The highest BCUT2D eigenvalue weighted by molar-refractivity contribution is 5.89. The number of rotatable bonds is 5. The summed E-state index contributed by atoms with van der Waals surface area (Å²) in [6.07, 6.45) is 3.25. The maximum Gasteiger partial charge on any atom is 0.352 e. The normalized spacial score (nSPS) is 11.8. The Labute approximate surface area is 196 Å². The van der Waals surface area contributed by atoms with E-state index in [1.807, 2.05) is 12.1 Å². The molecule has 0 radical (unpaired) electrons. The highest BCUT2D eigenvalue weighted by Crippen LogP contribution is 2.31. The van der Waals surface area contributed by atoms with E-state index in [4.69, 9.17) is 0 Å². The molecule has 8 heteroatoms. The maximum absolute atomic E-state index is 13.6. The standard InChI is InChI=1S/C26H27N3O5/c1-26(2,3)18-8-15-11-27-29(24(32)23(15)17(9-18)13-30)21-7-5-6-19(20(21)14-31)16-10-22(25(33)34)28(4)12-16/h5-12,30-31H,13-14H2,1-4H3,(H,33,34). The molecule has 0 unspecified atom stereocenters. The maximum atomic E-state index is 13.6. The third kappa shape index (κ3) is 3.91. The smallest absolute Gasteiger partial charge is 0.352 e. The second-order valence-electron chi connectivity index (χ2n) is 9.36. The van der Waals surface area contributed by atoms with E-state index >= 15 is 0 Å². The Morgan fingerprint density at radius 3 is 2.41 bits per heavy atom. The van der Waals surface area contributed by atoms with Crippen LogP contribution in [-0.4, -0.2) is 35.6 Å². The summed E-state index contributed by atoms with van der Waals surface area (Å²) in [5, 5.41) is 35.0. The van der Waals surface area contributed by atoms with Crippen LogP contribution in [0.2, 0.25) is 0 Å². The number of benzene rings is 2. The number of fused-ring (bicyclic) bond motifs is 1. The summed E-state index contributed by atoms with van der Waals surface area (Å²) >= 11 is 0. The highest BCUT2D eigenvalue weighted by atomic mass is 16.4. The fourth-order valence-electron chi connectivity index (χ4n) is 4.23. The first-order valence-corrected chi connectivity index (χ1v) is 10.9. The van der Waals surface area contributed by atoms with E-state index in [0.717, 1.165) is 5.56 Å². The minimum absolute atomic E-state index is 0.104. The molecule has 0 amide bonds. The van der Waals surface area contributed by atoms with E-state index in [0.29, 0.717) is 38.7 Å². The molecule has 2 aromatic carbocycles. The van der Waals surface area contributed by atoms with Crippen molar-refractivity contribution in [2.75, 3.05) is 0 Å². The monoisotopic (exact) mass is 461 g/mol. The van der Waals surface area contributed by atoms with Crippen LogP contribution in [0.25, 0.3) is 27.6 Å². The van der Waals surface area contributed by atoms with E-state index in [1.54, 1.807) is 37.6 Å². The second-order valence-corrected chi connectivity index (χ2v) is 9.36. The SMILES string of the molecule is Cn1cc(-c2cccc(-n3ncc4cc(C(C)(C)C)cc(CO)c4c3=O)c2CO)cc1C(=O)O. The van der Waals surface area contributed by atoms with Gasteiger partial charge in [-0.15, -0.1) is 0 Å². The van der Waals surface area contributed by atoms with Crippen LogP contribution in [0.4, 0.5) is 0 Å². The van der Waals surface area contributed by atoms with Gasteiger partial charge in [0.05, 0.1) is 30.5 Å². The van der Waals surface area contributed by atoms with Crippen LogP contribution in [0.3, 0.4) is 0 Å². The zero-order valence-corrected chi connectivity index (χ0v) is 19.5. The Bertz CT molecular complexity index is 1470. The van der Waals surface area contributed by atoms with Crippen molar-refractivity contribution >= 4 is 16.7 Å². The number of aromatic carboxylic acids is 1. The Hall–Kier alpha value is -3.75. The van der Waals surface area contributed by atoms with Crippen molar-refractivity contribution in [2.45, 2.75) is 39.4 Å². The number of aliphatic hydroxyl groups excluding tert-OH is 2. The van der Waals surface area contributed by atoms with E-state index in [2.05, 4.69) is 25.9 Å². The lowest BCUT2D eigenvalue weighted by atomic mass is 9.85. The molecule has 176 valence electrons. The number of hydrogen-bond donors (Lipinski definition) is 3. The molecule has 3 N–H and O–H groups in total. The summed E-state index contributed by atoms with van der Waals surface area (Å²) in [6.45, 7) is 5.49. The van der Waals surface area contributed by atoms with Crippen LogP contribution in [-0.2, 0) is 25.7 Å². The van der Waals surface area contributed by atoms with E-state index in [9.17, 15) is 24.9 Å². The van der Waals surface area contributed by atoms with Crippen molar-refractivity contribution in [3.05, 3.63) is 81.5 Å². The van der Waals surface area contributed by atoms with Gasteiger partial charge in [0, 0.05) is 29.8 Å². The topological polar surface area (TPSA) is 118 Å². The van der Waals surface area contributed by atoms with Crippen LogP contribution in [0, 0.1) is 0 Å². The van der Waals surface area contributed by atoms with Crippen LogP contribution >= 0.6 is 0 Å². The fraction of sp³-hybridized carbons (Fsp3) is 0.269. The Kier molecular flexibility index (Phi) is 5.89. The summed E-state index contributed by atoms with van der Waals surface area (Å²) in [4.78, 5) is 25.0. The number of aryl methyl sites for hydroxylation is 1. The van der Waals surface area contributed by atoms with Gasteiger partial charge >= 0.3 is 5.97 Å². The molecule has 34 heavy (non-hydrogen) atoms. The molecule has 0 spiro atoms. The van der Waals surface area contributed by atoms with Gasteiger partial charge in [0.1, 0.15) is 5.69 Å². The molecule has 4 rings (SSSR count). The quantitative estimate of drug-likeness (QED) is 0.419. The highest BCUT2D eigenvalue weighted by Gasteiger charge is 2.21. The zero-order chi connectivity index (χ0) is 24.8. The Morgan fingerprint density at radius 1 is 1.09 bits per heavy atom. The summed E-state index contributed by atoms with van der Waals surface area (Å²) in [6, 6.07) is 10.4. The first-order valence-electron chi connectivity index (χ1n) is 10.9. The van der Waals surface area contributed by atoms with Crippen molar-refractivity contribution in [3.8, 4) is 16.8 Å². The lowest BCUT2D eigenvalue weighted by Gasteiger charge is -2.21.